The first-order chi connectivity index (χ1) is 16.0. The van der Waals surface area contributed by atoms with E-state index in [1.54, 1.807) is 29.8 Å². The number of amides is 1. The Balaban J connectivity index is 1.50. The van der Waals surface area contributed by atoms with Crippen LogP contribution in [0.1, 0.15) is 21.5 Å². The summed E-state index contributed by atoms with van der Waals surface area (Å²) in [6.45, 7) is 2.36. The lowest BCUT2D eigenvalue weighted by atomic mass is 10.1. The maximum Gasteiger partial charge on any atom is 0.281 e. The molecule has 0 radical (unpaired) electrons. The summed E-state index contributed by atoms with van der Waals surface area (Å²) in [5.41, 5.74) is 4.46. The summed E-state index contributed by atoms with van der Waals surface area (Å²) in [5, 5.41) is 10.6. The smallest absolute Gasteiger partial charge is 0.281 e. The molecule has 0 aliphatic rings. The molecule has 1 amide bonds. The molecule has 0 bridgehead atoms. The van der Waals surface area contributed by atoms with E-state index in [1.807, 2.05) is 55.5 Å². The number of carbonyl (C=O) groups is 1. The van der Waals surface area contributed by atoms with E-state index in [0.717, 1.165) is 22.4 Å². The van der Waals surface area contributed by atoms with Crippen LogP contribution in [0.4, 0.5) is 0 Å². The summed E-state index contributed by atoms with van der Waals surface area (Å²) in [6.07, 6.45) is 0. The van der Waals surface area contributed by atoms with Crippen molar-refractivity contribution in [1.29, 1.82) is 0 Å². The van der Waals surface area contributed by atoms with Gasteiger partial charge in [-0.3, -0.25) is 9.59 Å². The third kappa shape index (κ3) is 3.82. The van der Waals surface area contributed by atoms with Crippen molar-refractivity contribution in [3.05, 3.63) is 93.8 Å². The summed E-state index contributed by atoms with van der Waals surface area (Å²) in [6, 6.07) is 20.2. The van der Waals surface area contributed by atoms with Crippen molar-refractivity contribution < 1.29 is 9.53 Å². The van der Waals surface area contributed by atoms with E-state index < -0.39 is 0 Å². The Morgan fingerprint density at radius 1 is 1.09 bits per heavy atom. The second-order valence-corrected chi connectivity index (χ2v) is 7.77. The maximum atomic E-state index is 12.8. The van der Waals surface area contributed by atoms with Gasteiger partial charge in [0, 0.05) is 17.7 Å². The average molecular weight is 439 g/mol. The number of aromatic nitrogens is 4. The van der Waals surface area contributed by atoms with Crippen LogP contribution in [0.25, 0.3) is 27.8 Å². The van der Waals surface area contributed by atoms with Gasteiger partial charge in [0.15, 0.2) is 5.65 Å². The van der Waals surface area contributed by atoms with E-state index in [4.69, 9.17) is 4.74 Å². The molecular formula is C25H21N5O3. The van der Waals surface area contributed by atoms with Crippen molar-refractivity contribution in [3.8, 4) is 17.0 Å². The molecule has 0 unspecified atom stereocenters. The maximum absolute atomic E-state index is 12.8. The third-order valence-corrected chi connectivity index (χ3v) is 5.53. The van der Waals surface area contributed by atoms with E-state index in [1.165, 1.54) is 0 Å². The van der Waals surface area contributed by atoms with Crippen molar-refractivity contribution in [1.82, 2.24) is 25.1 Å². The fourth-order valence-electron chi connectivity index (χ4n) is 3.78. The zero-order chi connectivity index (χ0) is 22.9. The zero-order valence-electron chi connectivity index (χ0n) is 18.1. The fourth-order valence-corrected chi connectivity index (χ4v) is 3.78. The molecule has 2 N–H and O–H groups in total. The van der Waals surface area contributed by atoms with Crippen LogP contribution in [-0.4, -0.2) is 32.8 Å². The number of nitrogens with zero attached hydrogens (tertiary/aromatic N) is 3. The predicted octanol–water partition coefficient (Wildman–Crippen LogP) is 3.48. The van der Waals surface area contributed by atoms with Crippen LogP contribution in [0.3, 0.4) is 0 Å². The molecule has 164 valence electrons. The summed E-state index contributed by atoms with van der Waals surface area (Å²) < 4.78 is 6.79. The van der Waals surface area contributed by atoms with E-state index in [0.29, 0.717) is 34.4 Å². The number of methoxy groups -OCH3 is 1. The van der Waals surface area contributed by atoms with Crippen molar-refractivity contribution in [2.75, 3.05) is 7.11 Å². The lowest BCUT2D eigenvalue weighted by Gasteiger charge is -2.08. The fraction of sp³-hybridized carbons (Fsp3) is 0.120. The molecule has 2 aromatic heterocycles. The number of ether oxygens (including phenoxy) is 1. The molecule has 2 heterocycles. The minimum absolute atomic E-state index is 0.246. The number of hydrogen-bond acceptors (Lipinski definition) is 5. The molecule has 0 saturated heterocycles. The van der Waals surface area contributed by atoms with Gasteiger partial charge in [0.25, 0.3) is 11.5 Å². The molecule has 8 nitrogen and oxygen atoms in total. The van der Waals surface area contributed by atoms with Gasteiger partial charge in [0.2, 0.25) is 0 Å². The first-order valence-corrected chi connectivity index (χ1v) is 10.4. The number of hydrogen-bond donors (Lipinski definition) is 2. The Kier molecular flexibility index (Phi) is 5.10. The molecule has 0 atom stereocenters. The summed E-state index contributed by atoms with van der Waals surface area (Å²) in [7, 11) is 1.61. The first kappa shape index (κ1) is 20.4. The van der Waals surface area contributed by atoms with Crippen LogP contribution in [-0.2, 0) is 6.54 Å². The number of carbonyl (C=O) groups excluding carboxylic acids is 1. The number of rotatable bonds is 5. The molecule has 0 fully saturated rings. The highest BCUT2D eigenvalue weighted by molar-refractivity contribution is 5.98. The topological polar surface area (TPSA) is 101 Å². The van der Waals surface area contributed by atoms with Crippen molar-refractivity contribution in [2.45, 2.75) is 13.5 Å². The highest BCUT2D eigenvalue weighted by Gasteiger charge is 2.16. The molecule has 5 aromatic rings. The van der Waals surface area contributed by atoms with E-state index in [2.05, 4.69) is 20.6 Å². The normalized spacial score (nSPS) is 11.1. The number of H-pyrrole nitrogens is 1. The molecule has 0 aliphatic carbocycles. The number of aromatic amines is 1. The highest BCUT2D eigenvalue weighted by atomic mass is 16.5. The van der Waals surface area contributed by atoms with Crippen LogP contribution >= 0.6 is 0 Å². The van der Waals surface area contributed by atoms with Crippen LogP contribution in [0.15, 0.2) is 71.5 Å². The van der Waals surface area contributed by atoms with Crippen LogP contribution in [0.2, 0.25) is 0 Å². The molecule has 0 aliphatic heterocycles. The first-order valence-electron chi connectivity index (χ1n) is 10.4. The van der Waals surface area contributed by atoms with Crippen LogP contribution < -0.4 is 15.6 Å². The van der Waals surface area contributed by atoms with Gasteiger partial charge in [-0.25, -0.2) is 9.73 Å². The van der Waals surface area contributed by atoms with Gasteiger partial charge in [0.1, 0.15) is 11.4 Å². The molecule has 0 saturated carbocycles. The predicted molar refractivity (Wildman–Crippen MR) is 125 cm³/mol. The van der Waals surface area contributed by atoms with Gasteiger partial charge in [-0.1, -0.05) is 35.9 Å². The number of fused-ring (bicyclic) bond motifs is 3. The zero-order valence-corrected chi connectivity index (χ0v) is 18.1. The number of nitrogens with one attached hydrogen (secondary N) is 2. The van der Waals surface area contributed by atoms with Crippen molar-refractivity contribution in [2.24, 2.45) is 0 Å². The summed E-state index contributed by atoms with van der Waals surface area (Å²) >= 11 is 0. The standard InChI is InChI=1S/C25H21N5O3/c1-15-4-3-5-17(12-15)22-23-27-25(32)20-11-8-18(13-21(20)30(23)29-28-22)24(31)26-14-16-6-9-19(33-2)10-7-16/h3-13,29H,14H2,1-2H3,(H,26,31). The third-order valence-electron chi connectivity index (χ3n) is 5.53. The average Bonchev–Trinajstić information content (AvgIpc) is 3.26. The quantitative estimate of drug-likeness (QED) is 0.437. The van der Waals surface area contributed by atoms with Crippen molar-refractivity contribution >= 4 is 22.5 Å². The molecule has 3 aromatic carbocycles. The van der Waals surface area contributed by atoms with Crippen LogP contribution in [0, 0.1) is 6.92 Å². The second-order valence-electron chi connectivity index (χ2n) is 7.77. The monoisotopic (exact) mass is 439 g/mol. The minimum atomic E-state index is -0.370. The number of aryl methyl sites for hydroxylation is 1. The largest absolute Gasteiger partial charge is 0.497 e. The lowest BCUT2D eigenvalue weighted by molar-refractivity contribution is 0.0951. The Bertz CT molecular complexity index is 1550. The Morgan fingerprint density at radius 3 is 2.67 bits per heavy atom. The SMILES string of the molecule is COc1ccc(CNC(=O)c2ccc3c(=O)nc4c(-c5cccc(C)c5)n[nH]n4c3c2)cc1. The minimum Gasteiger partial charge on any atom is -0.497 e. The van der Waals surface area contributed by atoms with Gasteiger partial charge in [0.05, 0.1) is 18.0 Å². The van der Waals surface area contributed by atoms with Gasteiger partial charge in [-0.2, -0.15) is 10.1 Å². The molecule has 5 rings (SSSR count). The molecular weight excluding hydrogens is 418 g/mol. The second kappa shape index (κ2) is 8.23. The number of benzene rings is 3. The van der Waals surface area contributed by atoms with Gasteiger partial charge < -0.3 is 10.1 Å². The van der Waals surface area contributed by atoms with Gasteiger partial charge >= 0.3 is 0 Å². The van der Waals surface area contributed by atoms with E-state index >= 15 is 0 Å². The highest BCUT2D eigenvalue weighted by Crippen LogP contribution is 2.23. The van der Waals surface area contributed by atoms with Gasteiger partial charge in [-0.05, 0) is 48.9 Å². The van der Waals surface area contributed by atoms with E-state index in [9.17, 15) is 9.59 Å². The van der Waals surface area contributed by atoms with Crippen molar-refractivity contribution in [3.63, 3.8) is 0 Å². The lowest BCUT2D eigenvalue weighted by Crippen LogP contribution is -2.23. The van der Waals surface area contributed by atoms with E-state index in [-0.39, 0.29) is 11.5 Å². The molecule has 0 spiro atoms. The molecule has 8 heteroatoms. The molecule has 33 heavy (non-hydrogen) atoms. The summed E-state index contributed by atoms with van der Waals surface area (Å²) in [4.78, 5) is 29.8. The Morgan fingerprint density at radius 2 is 1.91 bits per heavy atom. The van der Waals surface area contributed by atoms with Gasteiger partial charge in [-0.15, -0.1) is 0 Å². The summed E-state index contributed by atoms with van der Waals surface area (Å²) in [5.74, 6) is 0.511. The Hall–Kier alpha value is -4.46. The van der Waals surface area contributed by atoms with Crippen LogP contribution in [0.5, 0.6) is 5.75 Å². The Labute approximate surface area is 188 Å².